The van der Waals surface area contributed by atoms with E-state index in [1.165, 1.54) is 0 Å². The fourth-order valence-electron chi connectivity index (χ4n) is 3.05. The average molecular weight is 627 g/mol. The summed E-state index contributed by atoms with van der Waals surface area (Å²) in [7, 11) is 2.29. The third-order valence-corrected chi connectivity index (χ3v) is 5.35. The second-order valence-electron chi connectivity index (χ2n) is 9.04. The standard InChI is InChI=1S/C35H46O10/c1-4-5-6-7-8-9-10-11-12-13-14-15-16-17-18-19-20-21-22-23-33(38)43-28-30(45-35(40)27-25-32(37)42-3)29-44-34(39)26-24-31(36)41-2/h5-6,8-9,11-12,14-15,17-18,20-21,24-27,30H,4,7,10,13,16,19,22-23,28-29H2,1-3H3/b6-5-,9-8-,12-11-,15-14-,18-17-,21-20-,26-24+,27-25+. The largest absolute Gasteiger partial charge is 0.466 e. The Morgan fingerprint density at radius 2 is 0.911 bits per heavy atom. The minimum Gasteiger partial charge on any atom is -0.466 e. The fraction of sp³-hybridized carbons (Fsp3) is 0.400. The molecular weight excluding hydrogens is 580 g/mol. The zero-order chi connectivity index (χ0) is 33.4. The van der Waals surface area contributed by atoms with Crippen molar-refractivity contribution in [3.63, 3.8) is 0 Å². The van der Waals surface area contributed by atoms with E-state index in [2.05, 4.69) is 71.1 Å². The predicted octanol–water partition coefficient (Wildman–Crippen LogP) is 5.92. The maximum Gasteiger partial charge on any atom is 0.331 e. The average Bonchev–Trinajstić information content (AvgIpc) is 3.04. The summed E-state index contributed by atoms with van der Waals surface area (Å²) in [4.78, 5) is 58.2. The highest BCUT2D eigenvalue weighted by molar-refractivity contribution is 5.92. The maximum absolute atomic E-state index is 12.1. The smallest absolute Gasteiger partial charge is 0.331 e. The first kappa shape index (κ1) is 40.3. The first-order valence-electron chi connectivity index (χ1n) is 14.8. The molecule has 1 unspecified atom stereocenters. The van der Waals surface area contributed by atoms with Crippen LogP contribution in [-0.2, 0) is 47.7 Å². The van der Waals surface area contributed by atoms with Gasteiger partial charge >= 0.3 is 29.8 Å². The molecule has 246 valence electrons. The van der Waals surface area contributed by atoms with Gasteiger partial charge in [-0.05, 0) is 44.9 Å². The van der Waals surface area contributed by atoms with Gasteiger partial charge < -0.3 is 23.7 Å². The normalized spacial score (nSPS) is 12.9. The number of hydrogen-bond donors (Lipinski definition) is 0. The Bertz CT molecular complexity index is 1120. The molecular formula is C35H46O10. The van der Waals surface area contributed by atoms with Crippen LogP contribution in [0.2, 0.25) is 0 Å². The molecule has 0 radical (unpaired) electrons. The Hall–Kier alpha value is -4.73. The quantitative estimate of drug-likeness (QED) is 0.0583. The Labute approximate surface area is 266 Å². The van der Waals surface area contributed by atoms with E-state index in [0.29, 0.717) is 6.42 Å². The third kappa shape index (κ3) is 27.8. The number of esters is 5. The number of carbonyl (C=O) groups is 5. The summed E-state index contributed by atoms with van der Waals surface area (Å²) in [6.45, 7) is 1.26. The molecule has 0 aromatic carbocycles. The fourth-order valence-corrected chi connectivity index (χ4v) is 3.05. The maximum atomic E-state index is 12.1. The number of hydrogen-bond acceptors (Lipinski definition) is 10. The highest BCUT2D eigenvalue weighted by Gasteiger charge is 2.18. The molecule has 0 aliphatic carbocycles. The summed E-state index contributed by atoms with van der Waals surface area (Å²) in [5.41, 5.74) is 0. The van der Waals surface area contributed by atoms with Crippen molar-refractivity contribution in [2.75, 3.05) is 27.4 Å². The van der Waals surface area contributed by atoms with Gasteiger partial charge in [-0.2, -0.15) is 0 Å². The zero-order valence-electron chi connectivity index (χ0n) is 26.5. The topological polar surface area (TPSA) is 132 Å². The van der Waals surface area contributed by atoms with Crippen molar-refractivity contribution in [3.05, 3.63) is 97.2 Å². The Morgan fingerprint density at radius 1 is 0.511 bits per heavy atom. The Kier molecular flexibility index (Phi) is 26.3. The van der Waals surface area contributed by atoms with E-state index in [1.54, 1.807) is 0 Å². The molecule has 0 bridgehead atoms. The molecule has 45 heavy (non-hydrogen) atoms. The van der Waals surface area contributed by atoms with Gasteiger partial charge in [0.1, 0.15) is 13.2 Å². The van der Waals surface area contributed by atoms with Crippen molar-refractivity contribution in [2.24, 2.45) is 0 Å². The zero-order valence-corrected chi connectivity index (χ0v) is 26.5. The molecule has 0 aromatic rings. The molecule has 0 aliphatic heterocycles. The summed E-state index contributed by atoms with van der Waals surface area (Å²) >= 11 is 0. The number of allylic oxidation sites excluding steroid dienone is 12. The summed E-state index contributed by atoms with van der Waals surface area (Å²) in [6.07, 6.45) is 33.4. The highest BCUT2D eigenvalue weighted by atomic mass is 16.6. The van der Waals surface area contributed by atoms with Crippen LogP contribution in [0.4, 0.5) is 0 Å². The summed E-state index contributed by atoms with van der Waals surface area (Å²) in [5.74, 6) is -3.93. The van der Waals surface area contributed by atoms with E-state index in [4.69, 9.17) is 14.2 Å². The van der Waals surface area contributed by atoms with Gasteiger partial charge in [-0.25, -0.2) is 19.2 Å². The lowest BCUT2D eigenvalue weighted by Gasteiger charge is -2.16. The van der Waals surface area contributed by atoms with Gasteiger partial charge in [-0.3, -0.25) is 4.79 Å². The molecule has 0 rings (SSSR count). The lowest BCUT2D eigenvalue weighted by atomic mass is 10.2. The molecule has 10 nitrogen and oxygen atoms in total. The lowest BCUT2D eigenvalue weighted by molar-refractivity contribution is -0.162. The third-order valence-electron chi connectivity index (χ3n) is 5.35. The van der Waals surface area contributed by atoms with Gasteiger partial charge in [0.15, 0.2) is 6.10 Å². The molecule has 0 fully saturated rings. The van der Waals surface area contributed by atoms with Crippen LogP contribution in [0.5, 0.6) is 0 Å². The first-order valence-corrected chi connectivity index (χ1v) is 14.8. The second-order valence-corrected chi connectivity index (χ2v) is 9.04. The summed E-state index contributed by atoms with van der Waals surface area (Å²) in [6, 6.07) is 0. The predicted molar refractivity (Wildman–Crippen MR) is 172 cm³/mol. The van der Waals surface area contributed by atoms with Crippen LogP contribution >= 0.6 is 0 Å². The molecule has 0 heterocycles. The van der Waals surface area contributed by atoms with Crippen molar-refractivity contribution >= 4 is 29.8 Å². The number of methoxy groups -OCH3 is 2. The van der Waals surface area contributed by atoms with Crippen molar-refractivity contribution in [3.8, 4) is 0 Å². The Morgan fingerprint density at radius 3 is 1.38 bits per heavy atom. The molecule has 0 N–H and O–H groups in total. The van der Waals surface area contributed by atoms with Gasteiger partial charge in [-0.15, -0.1) is 0 Å². The van der Waals surface area contributed by atoms with Crippen molar-refractivity contribution in [1.29, 1.82) is 0 Å². The minimum absolute atomic E-state index is 0.0900. The van der Waals surface area contributed by atoms with Crippen LogP contribution < -0.4 is 0 Å². The van der Waals surface area contributed by atoms with Gasteiger partial charge in [0, 0.05) is 30.7 Å². The van der Waals surface area contributed by atoms with Gasteiger partial charge in [0.25, 0.3) is 0 Å². The lowest BCUT2D eigenvalue weighted by Crippen LogP contribution is -2.30. The monoisotopic (exact) mass is 626 g/mol. The molecule has 0 aromatic heterocycles. The van der Waals surface area contributed by atoms with E-state index in [0.717, 1.165) is 77.0 Å². The van der Waals surface area contributed by atoms with Gasteiger partial charge in [0.05, 0.1) is 14.2 Å². The number of ether oxygens (including phenoxy) is 5. The van der Waals surface area contributed by atoms with E-state index >= 15 is 0 Å². The number of carbonyl (C=O) groups excluding carboxylic acids is 5. The summed E-state index contributed by atoms with van der Waals surface area (Å²) < 4.78 is 24.0. The second kappa shape index (κ2) is 29.3. The van der Waals surface area contributed by atoms with E-state index in [1.807, 2.05) is 18.2 Å². The Balaban J connectivity index is 4.39. The van der Waals surface area contributed by atoms with Crippen LogP contribution in [0, 0.1) is 0 Å². The van der Waals surface area contributed by atoms with Gasteiger partial charge in [-0.1, -0.05) is 79.8 Å². The van der Waals surface area contributed by atoms with Crippen LogP contribution in [0.25, 0.3) is 0 Å². The number of rotatable bonds is 23. The van der Waals surface area contributed by atoms with Crippen LogP contribution in [0.1, 0.15) is 58.3 Å². The van der Waals surface area contributed by atoms with Crippen LogP contribution in [0.15, 0.2) is 97.2 Å². The molecule has 10 heteroatoms. The molecule has 0 aliphatic rings. The van der Waals surface area contributed by atoms with E-state index in [9.17, 15) is 24.0 Å². The van der Waals surface area contributed by atoms with Crippen LogP contribution in [-0.4, -0.2) is 63.4 Å². The molecule has 0 spiro atoms. The van der Waals surface area contributed by atoms with Crippen molar-refractivity contribution in [1.82, 2.24) is 0 Å². The van der Waals surface area contributed by atoms with Crippen molar-refractivity contribution < 1.29 is 47.7 Å². The van der Waals surface area contributed by atoms with Crippen molar-refractivity contribution in [2.45, 2.75) is 64.4 Å². The van der Waals surface area contributed by atoms with Gasteiger partial charge in [0.2, 0.25) is 0 Å². The van der Waals surface area contributed by atoms with E-state index in [-0.39, 0.29) is 6.42 Å². The molecule has 1 atom stereocenters. The SMILES string of the molecule is CC/C=C\C/C=C\C/C=C\C/C=C\C/C=C\C/C=C\CCC(=O)OCC(COC(=O)/C=C/C(=O)OC)OC(=O)/C=C/C(=O)OC. The van der Waals surface area contributed by atoms with E-state index < -0.39 is 49.2 Å². The first-order chi connectivity index (χ1) is 21.8. The van der Waals surface area contributed by atoms with Crippen LogP contribution in [0.3, 0.4) is 0 Å². The molecule has 0 saturated carbocycles. The summed E-state index contributed by atoms with van der Waals surface area (Å²) in [5, 5.41) is 0. The highest BCUT2D eigenvalue weighted by Crippen LogP contribution is 2.03. The minimum atomic E-state index is -1.16. The molecule has 0 saturated heterocycles. The molecule has 0 amide bonds.